The molecule has 2 aliphatic rings. The van der Waals surface area contributed by atoms with Crippen molar-refractivity contribution >= 4 is 11.8 Å². The fourth-order valence-electron chi connectivity index (χ4n) is 3.99. The van der Waals surface area contributed by atoms with Crippen molar-refractivity contribution in [3.05, 3.63) is 0 Å². The van der Waals surface area contributed by atoms with Crippen LogP contribution in [0.1, 0.15) is 52.9 Å². The highest BCUT2D eigenvalue weighted by atomic mass is 32.2. The minimum atomic E-state index is 0.229. The van der Waals surface area contributed by atoms with Crippen LogP contribution in [0.15, 0.2) is 0 Å². The molecule has 112 valence electrons. The predicted molar refractivity (Wildman–Crippen MR) is 84.9 cm³/mol. The number of ether oxygens (including phenoxy) is 1. The molecule has 3 unspecified atom stereocenters. The summed E-state index contributed by atoms with van der Waals surface area (Å²) in [7, 11) is 0. The van der Waals surface area contributed by atoms with Crippen molar-refractivity contribution in [2.45, 2.75) is 64.5 Å². The molecule has 0 amide bonds. The summed E-state index contributed by atoms with van der Waals surface area (Å²) in [5.74, 6) is 4.17. The van der Waals surface area contributed by atoms with E-state index in [4.69, 9.17) is 4.74 Å². The zero-order valence-electron chi connectivity index (χ0n) is 12.9. The maximum atomic E-state index is 6.18. The molecule has 0 saturated carbocycles. The van der Waals surface area contributed by atoms with Crippen LogP contribution in [0.2, 0.25) is 0 Å². The number of nitrogens with one attached hydrogen (secondary N) is 1. The summed E-state index contributed by atoms with van der Waals surface area (Å²) in [4.78, 5) is 0. The van der Waals surface area contributed by atoms with Crippen LogP contribution in [0.4, 0.5) is 0 Å². The molecule has 19 heavy (non-hydrogen) atoms. The fourth-order valence-corrected chi connectivity index (χ4v) is 5.36. The molecule has 0 aromatic heterocycles. The average Bonchev–Trinajstić information content (AvgIpc) is 2.87. The van der Waals surface area contributed by atoms with Crippen LogP contribution in [0, 0.1) is 11.8 Å². The first-order valence-corrected chi connectivity index (χ1v) is 9.35. The van der Waals surface area contributed by atoms with Crippen molar-refractivity contribution in [1.29, 1.82) is 0 Å². The van der Waals surface area contributed by atoms with E-state index < -0.39 is 0 Å². The molecule has 1 spiro atoms. The molecule has 2 fully saturated rings. The van der Waals surface area contributed by atoms with Crippen molar-refractivity contribution in [2.75, 3.05) is 24.7 Å². The summed E-state index contributed by atoms with van der Waals surface area (Å²) < 4.78 is 6.18. The van der Waals surface area contributed by atoms with Gasteiger partial charge in [-0.3, -0.25) is 0 Å². The first-order chi connectivity index (χ1) is 9.24. The molecular weight excluding hydrogens is 254 g/mol. The molecule has 3 atom stereocenters. The second-order valence-electron chi connectivity index (χ2n) is 6.25. The molecule has 2 heterocycles. The summed E-state index contributed by atoms with van der Waals surface area (Å²) in [5, 5.41) is 3.80. The van der Waals surface area contributed by atoms with E-state index in [0.717, 1.165) is 25.0 Å². The highest BCUT2D eigenvalue weighted by Gasteiger charge is 2.43. The van der Waals surface area contributed by atoms with Gasteiger partial charge in [0.05, 0.1) is 5.60 Å². The maximum absolute atomic E-state index is 6.18. The van der Waals surface area contributed by atoms with E-state index in [0.29, 0.717) is 6.04 Å². The maximum Gasteiger partial charge on any atom is 0.0783 e. The second kappa shape index (κ2) is 7.33. The van der Waals surface area contributed by atoms with Crippen LogP contribution in [0.3, 0.4) is 0 Å². The minimum Gasteiger partial charge on any atom is -0.374 e. The van der Waals surface area contributed by atoms with Gasteiger partial charge >= 0.3 is 0 Å². The lowest BCUT2D eigenvalue weighted by Gasteiger charge is -2.43. The van der Waals surface area contributed by atoms with Crippen molar-refractivity contribution in [3.63, 3.8) is 0 Å². The quantitative estimate of drug-likeness (QED) is 0.804. The van der Waals surface area contributed by atoms with Gasteiger partial charge in [0.25, 0.3) is 0 Å². The summed E-state index contributed by atoms with van der Waals surface area (Å²) >= 11 is 2.08. The number of thioether (sulfide) groups is 1. The molecular formula is C16H31NOS. The molecule has 0 aliphatic carbocycles. The summed E-state index contributed by atoms with van der Waals surface area (Å²) in [6.07, 6.45) is 6.41. The highest BCUT2D eigenvalue weighted by molar-refractivity contribution is 7.99. The predicted octanol–water partition coefficient (Wildman–Crippen LogP) is 3.70. The van der Waals surface area contributed by atoms with Crippen LogP contribution in [-0.2, 0) is 4.74 Å². The van der Waals surface area contributed by atoms with Gasteiger partial charge in [-0.15, -0.1) is 0 Å². The highest BCUT2D eigenvalue weighted by Crippen LogP contribution is 2.42. The van der Waals surface area contributed by atoms with Gasteiger partial charge in [-0.2, -0.15) is 11.8 Å². The molecule has 0 bridgehead atoms. The molecule has 2 nitrogen and oxygen atoms in total. The smallest absolute Gasteiger partial charge is 0.0783 e. The Bertz CT molecular complexity index is 261. The Morgan fingerprint density at radius 1 is 1.32 bits per heavy atom. The van der Waals surface area contributed by atoms with Crippen LogP contribution in [0.25, 0.3) is 0 Å². The molecule has 2 saturated heterocycles. The van der Waals surface area contributed by atoms with Crippen molar-refractivity contribution < 1.29 is 4.74 Å². The molecule has 2 aliphatic heterocycles. The zero-order chi connectivity index (χ0) is 13.7. The molecule has 1 N–H and O–H groups in total. The Balaban J connectivity index is 2.03. The lowest BCUT2D eigenvalue weighted by Crippen LogP contribution is -2.49. The molecule has 2 rings (SSSR count). The number of hydrogen-bond donors (Lipinski definition) is 1. The minimum absolute atomic E-state index is 0.229. The van der Waals surface area contributed by atoms with Gasteiger partial charge in [-0.1, -0.05) is 33.6 Å². The van der Waals surface area contributed by atoms with Gasteiger partial charge < -0.3 is 10.1 Å². The van der Waals surface area contributed by atoms with E-state index in [1.807, 2.05) is 0 Å². The Labute approximate surface area is 123 Å². The van der Waals surface area contributed by atoms with Crippen molar-refractivity contribution in [1.82, 2.24) is 5.32 Å². The third kappa shape index (κ3) is 3.68. The van der Waals surface area contributed by atoms with Crippen molar-refractivity contribution in [2.24, 2.45) is 11.8 Å². The Morgan fingerprint density at radius 2 is 2.11 bits per heavy atom. The standard InChI is InChI=1S/C16H31NOS/c1-4-13(5-2)15(17-6-3)14-7-9-18-16(11-14)8-10-19-12-16/h13-15,17H,4-12H2,1-3H3. The third-order valence-electron chi connectivity index (χ3n) is 5.10. The number of hydrogen-bond acceptors (Lipinski definition) is 3. The van der Waals surface area contributed by atoms with E-state index in [9.17, 15) is 0 Å². The molecule has 0 radical (unpaired) electrons. The van der Waals surface area contributed by atoms with Crippen LogP contribution in [0.5, 0.6) is 0 Å². The normalized spacial score (nSPS) is 33.2. The van der Waals surface area contributed by atoms with Crippen molar-refractivity contribution in [3.8, 4) is 0 Å². The first kappa shape index (κ1) is 15.7. The average molecular weight is 285 g/mol. The SMILES string of the molecule is CCNC(C(CC)CC)C1CCOC2(CCSC2)C1. The van der Waals surface area contributed by atoms with Gasteiger partial charge in [0.1, 0.15) is 0 Å². The van der Waals surface area contributed by atoms with E-state index in [1.165, 1.54) is 43.6 Å². The summed E-state index contributed by atoms with van der Waals surface area (Å²) in [5.41, 5.74) is 0.229. The second-order valence-corrected chi connectivity index (χ2v) is 7.35. The molecule has 3 heteroatoms. The summed E-state index contributed by atoms with van der Waals surface area (Å²) in [6, 6.07) is 0.700. The van der Waals surface area contributed by atoms with E-state index in [2.05, 4.69) is 37.8 Å². The van der Waals surface area contributed by atoms with Crippen LogP contribution in [-0.4, -0.2) is 36.3 Å². The van der Waals surface area contributed by atoms with Gasteiger partial charge in [-0.05, 0) is 43.4 Å². The lowest BCUT2D eigenvalue weighted by molar-refractivity contribution is -0.0885. The van der Waals surface area contributed by atoms with Crippen LogP contribution >= 0.6 is 11.8 Å². The topological polar surface area (TPSA) is 21.3 Å². The van der Waals surface area contributed by atoms with Crippen LogP contribution < -0.4 is 5.32 Å². The molecule has 0 aromatic carbocycles. The Morgan fingerprint density at radius 3 is 2.68 bits per heavy atom. The lowest BCUT2D eigenvalue weighted by atomic mass is 9.75. The third-order valence-corrected chi connectivity index (χ3v) is 6.33. The Hall–Kier alpha value is 0.270. The summed E-state index contributed by atoms with van der Waals surface area (Å²) in [6.45, 7) is 9.02. The van der Waals surface area contributed by atoms with Gasteiger partial charge in [0.15, 0.2) is 0 Å². The largest absolute Gasteiger partial charge is 0.374 e. The van der Waals surface area contributed by atoms with Gasteiger partial charge in [0.2, 0.25) is 0 Å². The van der Waals surface area contributed by atoms with E-state index in [-0.39, 0.29) is 5.60 Å². The Kier molecular flexibility index (Phi) is 6.04. The molecule has 0 aromatic rings. The first-order valence-electron chi connectivity index (χ1n) is 8.19. The van der Waals surface area contributed by atoms with E-state index in [1.54, 1.807) is 0 Å². The number of rotatable bonds is 6. The monoisotopic (exact) mass is 285 g/mol. The van der Waals surface area contributed by atoms with Gasteiger partial charge in [0, 0.05) is 18.4 Å². The fraction of sp³-hybridized carbons (Fsp3) is 1.00. The zero-order valence-corrected chi connectivity index (χ0v) is 13.7. The van der Waals surface area contributed by atoms with Gasteiger partial charge in [-0.25, -0.2) is 0 Å². The van der Waals surface area contributed by atoms with E-state index >= 15 is 0 Å².